The maximum atomic E-state index is 14.3. The van der Waals surface area contributed by atoms with Crippen molar-refractivity contribution in [1.29, 1.82) is 0 Å². The first-order valence-corrected chi connectivity index (χ1v) is 9.10. The van der Waals surface area contributed by atoms with Gasteiger partial charge in [-0.1, -0.05) is 4.58 Å². The number of tetrazole rings is 1. The van der Waals surface area contributed by atoms with E-state index in [4.69, 9.17) is 9.84 Å². The second-order valence-electron chi connectivity index (χ2n) is 5.86. The molecule has 3 N–H and O–H groups in total. The molecule has 0 amide bonds. The molecule has 1 aliphatic heterocycles. The molecule has 26 heavy (non-hydrogen) atoms. The Kier molecular flexibility index (Phi) is 6.88. The fraction of sp³-hybridized carbons (Fsp3) is 0.533. The lowest BCUT2D eigenvalue weighted by Crippen LogP contribution is -2.31. The summed E-state index contributed by atoms with van der Waals surface area (Å²) in [6, 6.07) is 4.50. The van der Waals surface area contributed by atoms with E-state index in [1.807, 2.05) is 0 Å². The van der Waals surface area contributed by atoms with E-state index >= 15 is 0 Å². The van der Waals surface area contributed by atoms with Crippen molar-refractivity contribution in [3.8, 4) is 11.4 Å². The Balaban J connectivity index is 1.63. The summed E-state index contributed by atoms with van der Waals surface area (Å²) in [6.45, 7) is 2.19. The van der Waals surface area contributed by atoms with Crippen LogP contribution >= 0.6 is 11.9 Å². The summed E-state index contributed by atoms with van der Waals surface area (Å²) in [4.78, 5) is 1.76. The highest BCUT2D eigenvalue weighted by atomic mass is 32.2. The van der Waals surface area contributed by atoms with Crippen molar-refractivity contribution < 1.29 is 19.4 Å². The first kappa shape index (κ1) is 19.1. The lowest BCUT2D eigenvalue weighted by molar-refractivity contribution is -0.0351. The highest BCUT2D eigenvalue weighted by molar-refractivity contribution is 7.96. The number of nitrogens with one attached hydrogen (secondary N) is 1. The highest BCUT2D eigenvalue weighted by Gasteiger charge is 2.17. The molecule has 0 aliphatic carbocycles. The lowest BCUT2D eigenvalue weighted by atomic mass is 10.0. The van der Waals surface area contributed by atoms with Crippen LogP contribution in [-0.2, 0) is 11.3 Å². The zero-order valence-corrected chi connectivity index (χ0v) is 14.9. The minimum Gasteiger partial charge on any atom is -0.395 e. The second kappa shape index (κ2) is 9.35. The van der Waals surface area contributed by atoms with Gasteiger partial charge >= 0.3 is 0 Å². The Morgan fingerprint density at radius 2 is 2.19 bits per heavy atom. The Labute approximate surface area is 154 Å². The Hall–Kier alpha value is -1.63. The van der Waals surface area contributed by atoms with Gasteiger partial charge in [-0.05, 0) is 42.2 Å². The second-order valence-corrected chi connectivity index (χ2v) is 6.83. The molecular weight excluding hydrogens is 363 g/mol. The van der Waals surface area contributed by atoms with Crippen LogP contribution in [0.25, 0.3) is 11.4 Å². The van der Waals surface area contributed by atoms with Crippen molar-refractivity contribution in [2.45, 2.75) is 24.3 Å². The topological polar surface area (TPSA) is 109 Å². The normalized spacial score (nSPS) is 15.7. The quantitative estimate of drug-likeness (QED) is 0.455. The van der Waals surface area contributed by atoms with E-state index in [1.165, 1.54) is 12.1 Å². The standard InChI is InChI=1S/C15H21FN6O3S/c16-13-9-12(1-2-14(13)26-22(24)17-5-6-23)15-18-20-21(19-15)10-11-3-7-25-8-4-11/h1-2,9,11,17,23-24H,3-8,10H2. The van der Waals surface area contributed by atoms with Gasteiger partial charge in [0.1, 0.15) is 5.82 Å². The fourth-order valence-corrected chi connectivity index (χ4v) is 3.20. The number of rotatable bonds is 8. The molecule has 0 saturated carbocycles. The Morgan fingerprint density at radius 3 is 2.92 bits per heavy atom. The third kappa shape index (κ3) is 5.19. The van der Waals surface area contributed by atoms with E-state index in [1.54, 1.807) is 10.9 Å². The number of benzene rings is 1. The Bertz CT molecular complexity index is 712. The maximum Gasteiger partial charge on any atom is 0.205 e. The highest BCUT2D eigenvalue weighted by Crippen LogP contribution is 2.26. The SMILES string of the molecule is OCCNN(O)Sc1ccc(-c2nnn(CC3CCOCC3)n2)cc1F. The number of hydrogen-bond acceptors (Lipinski definition) is 9. The molecule has 142 valence electrons. The smallest absolute Gasteiger partial charge is 0.205 e. The zero-order valence-electron chi connectivity index (χ0n) is 14.1. The number of hydrazine groups is 1. The minimum atomic E-state index is -0.516. The number of ether oxygens (including phenoxy) is 1. The van der Waals surface area contributed by atoms with Crippen LogP contribution < -0.4 is 5.43 Å². The van der Waals surface area contributed by atoms with Gasteiger partial charge in [-0.15, -0.1) is 10.2 Å². The van der Waals surface area contributed by atoms with Gasteiger partial charge in [0.2, 0.25) is 5.82 Å². The number of nitrogens with zero attached hydrogens (tertiary/aromatic N) is 5. The molecule has 1 saturated heterocycles. The van der Waals surface area contributed by atoms with Gasteiger partial charge in [0, 0.05) is 37.3 Å². The predicted octanol–water partition coefficient (Wildman–Crippen LogP) is 1.10. The number of hydrogen-bond donors (Lipinski definition) is 3. The molecule has 1 aromatic carbocycles. The van der Waals surface area contributed by atoms with Crippen molar-refractivity contribution in [3.05, 3.63) is 24.0 Å². The summed E-state index contributed by atoms with van der Waals surface area (Å²) in [5.41, 5.74) is 3.00. The van der Waals surface area contributed by atoms with Gasteiger partial charge < -0.3 is 9.84 Å². The molecule has 0 bridgehead atoms. The van der Waals surface area contributed by atoms with Crippen molar-refractivity contribution in [1.82, 2.24) is 30.2 Å². The van der Waals surface area contributed by atoms with Gasteiger partial charge in [-0.3, -0.25) is 5.21 Å². The van der Waals surface area contributed by atoms with Gasteiger partial charge in [0.05, 0.1) is 18.0 Å². The Morgan fingerprint density at radius 1 is 1.38 bits per heavy atom. The summed E-state index contributed by atoms with van der Waals surface area (Å²) in [7, 11) is 0. The average Bonchev–Trinajstić information content (AvgIpc) is 3.11. The number of halogens is 1. The molecule has 2 aromatic rings. The summed E-state index contributed by atoms with van der Waals surface area (Å²) >= 11 is 0.761. The monoisotopic (exact) mass is 384 g/mol. The summed E-state index contributed by atoms with van der Waals surface area (Å²) in [6.07, 6.45) is 1.94. The van der Waals surface area contributed by atoms with Crippen LogP contribution in [0.3, 0.4) is 0 Å². The van der Waals surface area contributed by atoms with Crippen molar-refractivity contribution in [3.63, 3.8) is 0 Å². The van der Waals surface area contributed by atoms with Crippen LogP contribution in [-0.4, -0.2) is 61.5 Å². The molecule has 2 heterocycles. The van der Waals surface area contributed by atoms with E-state index in [9.17, 15) is 9.60 Å². The molecular formula is C15H21FN6O3S. The zero-order chi connectivity index (χ0) is 18.4. The molecule has 3 rings (SSSR count). The molecule has 0 spiro atoms. The fourth-order valence-electron chi connectivity index (χ4n) is 2.58. The van der Waals surface area contributed by atoms with Crippen LogP contribution in [0.4, 0.5) is 4.39 Å². The van der Waals surface area contributed by atoms with Crippen LogP contribution in [0.2, 0.25) is 0 Å². The molecule has 1 aromatic heterocycles. The number of aliphatic hydroxyl groups excluding tert-OH is 1. The first-order valence-electron chi connectivity index (χ1n) is 8.32. The van der Waals surface area contributed by atoms with Crippen molar-refractivity contribution in [2.24, 2.45) is 5.92 Å². The largest absolute Gasteiger partial charge is 0.395 e. The number of aromatic nitrogens is 4. The summed E-state index contributed by atoms with van der Waals surface area (Å²) < 4.78 is 20.3. The van der Waals surface area contributed by atoms with E-state index in [0.717, 1.165) is 38.0 Å². The maximum absolute atomic E-state index is 14.3. The first-order chi connectivity index (χ1) is 12.7. The van der Waals surface area contributed by atoms with Crippen LogP contribution in [0.15, 0.2) is 23.1 Å². The number of aliphatic hydroxyl groups is 1. The van der Waals surface area contributed by atoms with E-state index < -0.39 is 5.82 Å². The molecule has 1 fully saturated rings. The van der Waals surface area contributed by atoms with Gasteiger partial charge in [-0.2, -0.15) is 4.80 Å². The molecule has 1 aliphatic rings. The van der Waals surface area contributed by atoms with Crippen LogP contribution in [0.5, 0.6) is 0 Å². The molecule has 0 radical (unpaired) electrons. The summed E-state index contributed by atoms with van der Waals surface area (Å²) in [5.74, 6) is 0.299. The molecule has 0 atom stereocenters. The third-order valence-corrected chi connectivity index (χ3v) is 4.78. The van der Waals surface area contributed by atoms with Crippen LogP contribution in [0, 0.1) is 11.7 Å². The van der Waals surface area contributed by atoms with Gasteiger partial charge in [-0.25, -0.2) is 9.82 Å². The van der Waals surface area contributed by atoms with Gasteiger partial charge in [0.15, 0.2) is 0 Å². The van der Waals surface area contributed by atoms with Gasteiger partial charge in [0.25, 0.3) is 0 Å². The van der Waals surface area contributed by atoms with Crippen LogP contribution in [0.1, 0.15) is 12.8 Å². The summed E-state index contributed by atoms with van der Waals surface area (Å²) in [5, 5.41) is 30.6. The van der Waals surface area contributed by atoms with E-state index in [2.05, 4.69) is 20.8 Å². The molecule has 0 unspecified atom stereocenters. The minimum absolute atomic E-state index is 0.145. The molecule has 11 heteroatoms. The van der Waals surface area contributed by atoms with Crippen molar-refractivity contribution >= 4 is 11.9 Å². The van der Waals surface area contributed by atoms with Crippen molar-refractivity contribution in [2.75, 3.05) is 26.4 Å². The lowest BCUT2D eigenvalue weighted by Gasteiger charge is -2.20. The molecule has 9 nitrogen and oxygen atoms in total. The van der Waals surface area contributed by atoms with E-state index in [-0.39, 0.29) is 18.0 Å². The third-order valence-electron chi connectivity index (χ3n) is 3.95. The van der Waals surface area contributed by atoms with E-state index in [0.29, 0.717) is 28.4 Å². The average molecular weight is 384 g/mol. The predicted molar refractivity (Wildman–Crippen MR) is 91.3 cm³/mol.